The summed E-state index contributed by atoms with van der Waals surface area (Å²) in [6, 6.07) is 10.2. The molecule has 0 aliphatic rings. The molecule has 2 aromatic rings. The predicted molar refractivity (Wildman–Crippen MR) is 89.9 cm³/mol. The molecule has 1 atom stereocenters. The van der Waals surface area contributed by atoms with Crippen LogP contribution < -0.4 is 10.1 Å². The molecule has 0 aliphatic carbocycles. The van der Waals surface area contributed by atoms with Crippen LogP contribution in [0.1, 0.15) is 25.3 Å². The van der Waals surface area contributed by atoms with E-state index >= 15 is 0 Å². The van der Waals surface area contributed by atoms with Crippen molar-refractivity contribution >= 4 is 0 Å². The summed E-state index contributed by atoms with van der Waals surface area (Å²) in [7, 11) is 0. The molecule has 0 spiro atoms. The van der Waals surface area contributed by atoms with Gasteiger partial charge in [-0.1, -0.05) is 19.1 Å². The first-order valence-corrected chi connectivity index (χ1v) is 8.03. The molecule has 5 heteroatoms. The van der Waals surface area contributed by atoms with Crippen LogP contribution in [0.25, 0.3) is 0 Å². The zero-order valence-corrected chi connectivity index (χ0v) is 13.6. The smallest absolute Gasteiger partial charge is 0.119 e. The van der Waals surface area contributed by atoms with Crippen molar-refractivity contribution in [3.05, 3.63) is 48.5 Å². The lowest BCUT2D eigenvalue weighted by molar-refractivity contribution is 0.312. The van der Waals surface area contributed by atoms with Crippen molar-refractivity contribution in [1.29, 1.82) is 5.26 Å². The molecule has 2 rings (SSSR count). The topological polar surface area (TPSA) is 62.9 Å². The summed E-state index contributed by atoms with van der Waals surface area (Å²) in [6.45, 7) is 5.55. The number of nitriles is 1. The number of hydrogen-bond acceptors (Lipinski definition) is 4. The number of unbranched alkanes of at least 4 members (excludes halogenated alkanes) is 1. The van der Waals surface area contributed by atoms with Gasteiger partial charge in [0.05, 0.1) is 19.0 Å². The molecule has 1 heterocycles. The molecule has 0 amide bonds. The first kappa shape index (κ1) is 17.0. The molecule has 1 N–H and O–H groups in total. The number of rotatable bonds is 10. The number of aromatic nitrogens is 2. The van der Waals surface area contributed by atoms with E-state index in [9.17, 15) is 0 Å². The normalized spacial score (nSPS) is 11.8. The number of imidazole rings is 1. The van der Waals surface area contributed by atoms with Crippen molar-refractivity contribution in [1.82, 2.24) is 14.9 Å². The highest BCUT2D eigenvalue weighted by Gasteiger charge is 2.03. The van der Waals surface area contributed by atoms with Crippen molar-refractivity contribution < 1.29 is 4.74 Å². The van der Waals surface area contributed by atoms with Gasteiger partial charge in [-0.3, -0.25) is 0 Å². The van der Waals surface area contributed by atoms with Crippen molar-refractivity contribution in [2.45, 2.75) is 32.9 Å². The minimum absolute atomic E-state index is 0.537. The highest BCUT2D eigenvalue weighted by molar-refractivity contribution is 5.28. The Morgan fingerprint density at radius 2 is 2.35 bits per heavy atom. The van der Waals surface area contributed by atoms with Crippen LogP contribution in [0.15, 0.2) is 43.0 Å². The maximum atomic E-state index is 8.51. The predicted octanol–water partition coefficient (Wildman–Crippen LogP) is 2.99. The SMILES string of the molecule is CC(CNCc1cccc(OCCCC#N)c1)Cn1ccnc1. The van der Waals surface area contributed by atoms with Crippen LogP contribution in [0.3, 0.4) is 0 Å². The quantitative estimate of drug-likeness (QED) is 0.685. The van der Waals surface area contributed by atoms with Gasteiger partial charge in [-0.05, 0) is 36.6 Å². The fraction of sp³-hybridized carbons (Fsp3) is 0.444. The summed E-state index contributed by atoms with van der Waals surface area (Å²) in [6.07, 6.45) is 6.95. The van der Waals surface area contributed by atoms with Crippen LogP contribution in [0.2, 0.25) is 0 Å². The van der Waals surface area contributed by atoms with E-state index in [0.29, 0.717) is 18.9 Å². The third-order valence-electron chi connectivity index (χ3n) is 3.50. The van der Waals surface area contributed by atoms with Gasteiger partial charge in [0, 0.05) is 31.9 Å². The number of nitrogens with one attached hydrogen (secondary N) is 1. The molecule has 0 radical (unpaired) electrons. The summed E-state index contributed by atoms with van der Waals surface area (Å²) in [5.41, 5.74) is 1.21. The third-order valence-corrected chi connectivity index (χ3v) is 3.50. The van der Waals surface area contributed by atoms with E-state index in [1.54, 1.807) is 0 Å². The summed E-state index contributed by atoms with van der Waals surface area (Å²) in [4.78, 5) is 4.06. The Morgan fingerprint density at radius 1 is 1.43 bits per heavy atom. The van der Waals surface area contributed by atoms with E-state index in [0.717, 1.165) is 31.8 Å². The number of ether oxygens (including phenoxy) is 1. The molecule has 23 heavy (non-hydrogen) atoms. The maximum absolute atomic E-state index is 8.51. The lowest BCUT2D eigenvalue weighted by Gasteiger charge is -2.13. The zero-order valence-electron chi connectivity index (χ0n) is 13.6. The minimum Gasteiger partial charge on any atom is -0.494 e. The van der Waals surface area contributed by atoms with Gasteiger partial charge in [0.2, 0.25) is 0 Å². The summed E-state index contributed by atoms with van der Waals surface area (Å²) >= 11 is 0. The second kappa shape index (κ2) is 9.65. The van der Waals surface area contributed by atoms with Crippen LogP contribution in [0.5, 0.6) is 5.75 Å². The molecule has 0 fully saturated rings. The Bertz CT molecular complexity index is 604. The Hall–Kier alpha value is -2.32. The summed E-state index contributed by atoms with van der Waals surface area (Å²) in [5.74, 6) is 1.41. The van der Waals surface area contributed by atoms with Crippen molar-refractivity contribution in [3.63, 3.8) is 0 Å². The lowest BCUT2D eigenvalue weighted by atomic mass is 10.1. The van der Waals surface area contributed by atoms with Crippen LogP contribution in [0, 0.1) is 17.2 Å². The first-order chi connectivity index (χ1) is 11.3. The van der Waals surface area contributed by atoms with Gasteiger partial charge in [0.15, 0.2) is 0 Å². The molecule has 0 saturated heterocycles. The van der Waals surface area contributed by atoms with E-state index in [2.05, 4.69) is 40.0 Å². The van der Waals surface area contributed by atoms with Crippen molar-refractivity contribution in [2.75, 3.05) is 13.2 Å². The van der Waals surface area contributed by atoms with Crippen LogP contribution in [-0.4, -0.2) is 22.7 Å². The molecule has 1 aromatic heterocycles. The maximum Gasteiger partial charge on any atom is 0.119 e. The average Bonchev–Trinajstić information content (AvgIpc) is 3.05. The fourth-order valence-corrected chi connectivity index (χ4v) is 2.37. The van der Waals surface area contributed by atoms with E-state index in [1.165, 1.54) is 5.56 Å². The Balaban J connectivity index is 1.69. The molecule has 122 valence electrons. The van der Waals surface area contributed by atoms with Crippen molar-refractivity contribution in [2.24, 2.45) is 5.92 Å². The molecule has 1 aromatic carbocycles. The average molecular weight is 312 g/mol. The molecule has 0 aliphatic heterocycles. The summed E-state index contributed by atoms with van der Waals surface area (Å²) in [5, 5.41) is 12.0. The van der Waals surface area contributed by atoms with E-state index in [-0.39, 0.29) is 0 Å². The second-order valence-electron chi connectivity index (χ2n) is 5.75. The highest BCUT2D eigenvalue weighted by Crippen LogP contribution is 2.14. The van der Waals surface area contributed by atoms with Crippen molar-refractivity contribution in [3.8, 4) is 11.8 Å². The van der Waals surface area contributed by atoms with E-state index < -0.39 is 0 Å². The van der Waals surface area contributed by atoms with Crippen LogP contribution in [0.4, 0.5) is 0 Å². The van der Waals surface area contributed by atoms with Gasteiger partial charge in [-0.25, -0.2) is 4.98 Å². The second-order valence-corrected chi connectivity index (χ2v) is 5.75. The third kappa shape index (κ3) is 6.54. The standard InChI is InChI=1S/C18H24N4O/c1-16(14-22-9-8-20-15-22)12-21-13-17-5-4-6-18(11-17)23-10-3-2-7-19/h4-6,8-9,11,15-16,21H,2-3,10,12-14H2,1H3. The lowest BCUT2D eigenvalue weighted by Crippen LogP contribution is -2.23. The highest BCUT2D eigenvalue weighted by atomic mass is 16.5. The molecule has 0 bridgehead atoms. The first-order valence-electron chi connectivity index (χ1n) is 8.03. The Kier molecular flexibility index (Phi) is 7.15. The number of benzene rings is 1. The number of nitrogens with zero attached hydrogens (tertiary/aromatic N) is 3. The molecular weight excluding hydrogens is 288 g/mol. The Morgan fingerprint density at radius 3 is 3.13 bits per heavy atom. The molecule has 0 saturated carbocycles. The van der Waals surface area contributed by atoms with E-state index in [1.807, 2.05) is 30.9 Å². The molecule has 1 unspecified atom stereocenters. The van der Waals surface area contributed by atoms with Gasteiger partial charge < -0.3 is 14.6 Å². The van der Waals surface area contributed by atoms with Gasteiger partial charge in [-0.15, -0.1) is 0 Å². The molecular formula is C18H24N4O. The largest absolute Gasteiger partial charge is 0.494 e. The van der Waals surface area contributed by atoms with Crippen LogP contribution in [-0.2, 0) is 13.1 Å². The molecule has 5 nitrogen and oxygen atoms in total. The van der Waals surface area contributed by atoms with Gasteiger partial charge in [0.25, 0.3) is 0 Å². The summed E-state index contributed by atoms with van der Waals surface area (Å²) < 4.78 is 7.76. The number of hydrogen-bond donors (Lipinski definition) is 1. The van der Waals surface area contributed by atoms with Gasteiger partial charge in [-0.2, -0.15) is 5.26 Å². The van der Waals surface area contributed by atoms with E-state index in [4.69, 9.17) is 10.00 Å². The monoisotopic (exact) mass is 312 g/mol. The zero-order chi connectivity index (χ0) is 16.3. The fourth-order valence-electron chi connectivity index (χ4n) is 2.37. The van der Waals surface area contributed by atoms with Gasteiger partial charge >= 0.3 is 0 Å². The van der Waals surface area contributed by atoms with Gasteiger partial charge in [0.1, 0.15) is 5.75 Å². The van der Waals surface area contributed by atoms with Crippen LogP contribution >= 0.6 is 0 Å². The Labute approximate surface area is 137 Å². The minimum atomic E-state index is 0.537.